The first-order chi connectivity index (χ1) is 19.3. The Balaban J connectivity index is 1.54. The maximum atomic E-state index is 17.3. The number of aromatic nitrogens is 1. The van der Waals surface area contributed by atoms with Crippen LogP contribution in [0.25, 0.3) is 22.0 Å². The van der Waals surface area contributed by atoms with Gasteiger partial charge in [0.05, 0.1) is 5.56 Å². The molecule has 0 fully saturated rings. The average Bonchev–Trinajstić information content (AvgIpc) is 3.48. The highest BCUT2D eigenvalue weighted by atomic mass is 19.2. The Morgan fingerprint density at radius 3 is 1.77 bits per heavy atom. The number of hydrogen-bond donors (Lipinski definition) is 0. The molecule has 0 N–H and O–H groups in total. The fourth-order valence-corrected chi connectivity index (χ4v) is 5.97. The van der Waals surface area contributed by atoms with E-state index in [0.717, 1.165) is 33.5 Å². The molecular weight excluding hydrogens is 503 g/mol. The van der Waals surface area contributed by atoms with Crippen molar-refractivity contribution in [2.24, 2.45) is 4.99 Å². The van der Waals surface area contributed by atoms with Gasteiger partial charge in [-0.25, -0.2) is 0 Å². The van der Waals surface area contributed by atoms with Crippen LogP contribution in [0.3, 0.4) is 0 Å². The number of rotatable bonds is 4. The largest absolute Gasteiger partial charge is 0.642 e. The molecule has 3 heterocycles. The summed E-state index contributed by atoms with van der Waals surface area (Å²) >= 11 is 0. The predicted molar refractivity (Wildman–Crippen MR) is 162 cm³/mol. The Bertz CT molecular complexity index is 1870. The molecular formula is C32H28BF2N5. The number of halogens is 2. The molecule has 198 valence electrons. The summed E-state index contributed by atoms with van der Waals surface area (Å²) in [4.78, 5) is 8.98. The van der Waals surface area contributed by atoms with Gasteiger partial charge in [0.25, 0.3) is 5.84 Å². The normalized spacial score (nSPS) is 15.0. The van der Waals surface area contributed by atoms with Gasteiger partial charge in [-0.1, -0.05) is 42.5 Å². The van der Waals surface area contributed by atoms with Crippen LogP contribution in [0.4, 0.5) is 25.8 Å². The number of hydrogen-bond acceptors (Lipinski definition) is 3. The topological polar surface area (TPSA) is 26.8 Å². The molecule has 0 saturated heterocycles. The second-order valence-corrected chi connectivity index (χ2v) is 10.8. The van der Waals surface area contributed by atoms with Crippen molar-refractivity contribution < 1.29 is 13.1 Å². The zero-order chi connectivity index (χ0) is 27.8. The third-order valence-corrected chi connectivity index (χ3v) is 7.93. The lowest BCUT2D eigenvalue weighted by molar-refractivity contribution is -0.292. The van der Waals surface area contributed by atoms with E-state index in [4.69, 9.17) is 4.99 Å². The second kappa shape index (κ2) is 8.65. The molecule has 0 atom stereocenters. The van der Waals surface area contributed by atoms with Crippen molar-refractivity contribution in [3.05, 3.63) is 114 Å². The molecule has 40 heavy (non-hydrogen) atoms. The third-order valence-electron chi connectivity index (χ3n) is 7.93. The molecule has 0 bridgehead atoms. The summed E-state index contributed by atoms with van der Waals surface area (Å²) in [7, 11) is 7.85. The van der Waals surface area contributed by atoms with Crippen molar-refractivity contribution in [3.8, 4) is 11.3 Å². The molecule has 4 aromatic carbocycles. The SMILES string of the molecule is CN(C)c1ccc(C2=[N+]3C(=Nc4c5ccccc5c(-c5ccc(N(C)C)cc5)n4[B-]3(F)F)c3ccccc32)cc1. The van der Waals surface area contributed by atoms with Crippen molar-refractivity contribution in [1.82, 2.24) is 4.48 Å². The molecule has 2 aliphatic heterocycles. The van der Waals surface area contributed by atoms with Crippen LogP contribution in [0, 0.1) is 0 Å². The summed E-state index contributed by atoms with van der Waals surface area (Å²) in [6.45, 7) is -4.32. The van der Waals surface area contributed by atoms with Crippen LogP contribution in [0.5, 0.6) is 0 Å². The third kappa shape index (κ3) is 3.38. The van der Waals surface area contributed by atoms with Crippen LogP contribution in [0.15, 0.2) is 102 Å². The predicted octanol–water partition coefficient (Wildman–Crippen LogP) is 6.62. The summed E-state index contributed by atoms with van der Waals surface area (Å²) in [6.07, 6.45) is 0. The minimum Gasteiger partial charge on any atom is -0.414 e. The summed E-state index contributed by atoms with van der Waals surface area (Å²) in [5, 5.41) is 1.47. The Morgan fingerprint density at radius 2 is 1.18 bits per heavy atom. The minimum absolute atomic E-state index is 0.289. The van der Waals surface area contributed by atoms with Crippen LogP contribution >= 0.6 is 0 Å². The van der Waals surface area contributed by atoms with E-state index >= 15 is 8.63 Å². The van der Waals surface area contributed by atoms with Crippen molar-refractivity contribution in [1.29, 1.82) is 0 Å². The van der Waals surface area contributed by atoms with Crippen LogP contribution in [-0.2, 0) is 0 Å². The molecule has 5 aromatic rings. The zero-order valence-electron chi connectivity index (χ0n) is 22.8. The van der Waals surface area contributed by atoms with E-state index in [1.165, 1.54) is 8.96 Å². The second-order valence-electron chi connectivity index (χ2n) is 10.8. The van der Waals surface area contributed by atoms with E-state index in [0.29, 0.717) is 22.4 Å². The lowest BCUT2D eigenvalue weighted by Gasteiger charge is -2.31. The van der Waals surface area contributed by atoms with Gasteiger partial charge in [0.1, 0.15) is 5.71 Å². The molecule has 8 heteroatoms. The van der Waals surface area contributed by atoms with E-state index in [2.05, 4.69) is 0 Å². The Morgan fingerprint density at radius 1 is 0.650 bits per heavy atom. The van der Waals surface area contributed by atoms with Crippen molar-refractivity contribution in [2.45, 2.75) is 0 Å². The number of amidine groups is 1. The number of fused-ring (bicyclic) bond motifs is 6. The van der Waals surface area contributed by atoms with Gasteiger partial charge < -0.3 is 27.4 Å². The lowest BCUT2D eigenvalue weighted by atomic mass is 9.91. The van der Waals surface area contributed by atoms with Crippen molar-refractivity contribution >= 4 is 46.5 Å². The highest BCUT2D eigenvalue weighted by molar-refractivity contribution is 6.62. The quantitative estimate of drug-likeness (QED) is 0.244. The van der Waals surface area contributed by atoms with Crippen molar-refractivity contribution in [3.63, 3.8) is 0 Å². The van der Waals surface area contributed by atoms with Gasteiger partial charge in [-0.2, -0.15) is 0 Å². The number of benzene rings is 4. The Labute approximate surface area is 232 Å². The highest BCUT2D eigenvalue weighted by Crippen LogP contribution is 2.46. The number of anilines is 2. The Kier molecular flexibility index (Phi) is 5.26. The number of nitrogens with zero attached hydrogens (tertiary/aromatic N) is 5. The summed E-state index contributed by atoms with van der Waals surface area (Å²) in [6, 6.07) is 30.6. The van der Waals surface area contributed by atoms with Gasteiger partial charge in [-0.15, -0.1) is 0 Å². The monoisotopic (exact) mass is 531 g/mol. The van der Waals surface area contributed by atoms with Gasteiger partial charge in [0.2, 0.25) is 5.82 Å². The average molecular weight is 531 g/mol. The molecule has 1 aromatic heterocycles. The van der Waals surface area contributed by atoms with Gasteiger partial charge in [0.15, 0.2) is 0 Å². The molecule has 0 saturated carbocycles. The van der Waals surface area contributed by atoms with E-state index in [1.807, 2.05) is 135 Å². The molecule has 0 aliphatic carbocycles. The van der Waals surface area contributed by atoms with E-state index in [1.54, 1.807) is 0 Å². The van der Waals surface area contributed by atoms with Gasteiger partial charge in [-0.3, -0.25) is 0 Å². The summed E-state index contributed by atoms with van der Waals surface area (Å²) in [5.41, 5.74) is 5.87. The first-order valence-electron chi connectivity index (χ1n) is 13.3. The lowest BCUT2D eigenvalue weighted by Crippen LogP contribution is -2.52. The maximum Gasteiger partial charge on any atom is 0.642 e. The van der Waals surface area contributed by atoms with E-state index in [9.17, 15) is 0 Å². The van der Waals surface area contributed by atoms with Crippen LogP contribution in [0.1, 0.15) is 16.7 Å². The van der Waals surface area contributed by atoms with E-state index in [-0.39, 0.29) is 11.7 Å². The fraction of sp³-hybridized carbons (Fsp3) is 0.125. The van der Waals surface area contributed by atoms with Crippen LogP contribution in [-0.4, -0.2) is 55.7 Å². The number of aliphatic imine (C=N–C) groups is 1. The van der Waals surface area contributed by atoms with Gasteiger partial charge in [0, 0.05) is 67.2 Å². The molecule has 5 nitrogen and oxygen atoms in total. The molecule has 0 radical (unpaired) electrons. The van der Waals surface area contributed by atoms with Crippen LogP contribution in [0.2, 0.25) is 0 Å². The van der Waals surface area contributed by atoms with E-state index < -0.39 is 6.97 Å². The molecule has 0 unspecified atom stereocenters. The molecule has 7 rings (SSSR count). The van der Waals surface area contributed by atoms with Gasteiger partial charge in [-0.05, 0) is 65.2 Å². The maximum absolute atomic E-state index is 17.3. The zero-order valence-corrected chi connectivity index (χ0v) is 22.8. The van der Waals surface area contributed by atoms with Crippen LogP contribution < -0.4 is 9.80 Å². The molecule has 0 amide bonds. The standard InChI is InChI=1S/C32H28BF2N5/c1-37(2)23-17-13-21(14-18-23)29-25-9-5-7-11-27(25)31-36-32-28-12-8-6-10-26(28)30(40(32)33(34,35)39(29)31)22-15-19-24(20-16-22)38(3)4/h5-20H,1-4H3. The highest BCUT2D eigenvalue weighted by Gasteiger charge is 2.54. The Hall–Kier alpha value is -4.72. The first-order valence-corrected chi connectivity index (χ1v) is 13.3. The first kappa shape index (κ1) is 24.3. The fourth-order valence-electron chi connectivity index (χ4n) is 5.97. The minimum atomic E-state index is -4.32. The summed E-state index contributed by atoms with van der Waals surface area (Å²) < 4.78 is 36.9. The smallest absolute Gasteiger partial charge is 0.414 e. The van der Waals surface area contributed by atoms with Gasteiger partial charge >= 0.3 is 6.97 Å². The molecule has 2 aliphatic rings. The van der Waals surface area contributed by atoms with Crippen molar-refractivity contribution in [2.75, 3.05) is 38.0 Å². The molecule has 0 spiro atoms. The summed E-state index contributed by atoms with van der Waals surface area (Å²) in [5.74, 6) is 0.579.